The maximum absolute atomic E-state index is 8.43. The van der Waals surface area contributed by atoms with Crippen molar-refractivity contribution in [3.05, 3.63) is 29.8 Å². The molecule has 1 rings (SSSR count). The van der Waals surface area contributed by atoms with Crippen molar-refractivity contribution >= 4 is 5.69 Å². The molecule has 0 aliphatic carbocycles. The van der Waals surface area contributed by atoms with Crippen molar-refractivity contribution in [3.8, 4) is 0 Å². The van der Waals surface area contributed by atoms with Crippen LogP contribution in [0.15, 0.2) is 24.3 Å². The number of aliphatic hydroxyl groups is 1. The highest BCUT2D eigenvalue weighted by Crippen LogP contribution is 2.08. The average molecular weight is 225 g/mol. The predicted molar refractivity (Wildman–Crippen MR) is 68.9 cm³/mol. The molecule has 92 valence electrons. The minimum absolute atomic E-state index is 0.324. The molecule has 0 heterocycles. The van der Waals surface area contributed by atoms with Crippen LogP contribution in [-0.4, -0.2) is 32.0 Å². The van der Waals surface area contributed by atoms with Crippen LogP contribution in [0.2, 0.25) is 0 Å². The summed E-state index contributed by atoms with van der Waals surface area (Å²) in [4.78, 5) is 0. The SMILES string of the molecule is CCc1ccc(NC)cc1.COCC(C)O. The molecule has 1 aromatic rings. The molecule has 3 nitrogen and oxygen atoms in total. The highest BCUT2D eigenvalue weighted by atomic mass is 16.5. The summed E-state index contributed by atoms with van der Waals surface area (Å²) in [6.07, 6.45) is 0.791. The number of anilines is 1. The lowest BCUT2D eigenvalue weighted by Gasteiger charge is -1.99. The van der Waals surface area contributed by atoms with E-state index in [2.05, 4.69) is 41.2 Å². The topological polar surface area (TPSA) is 41.5 Å². The fourth-order valence-electron chi connectivity index (χ4n) is 1.15. The van der Waals surface area contributed by atoms with Crippen molar-refractivity contribution in [3.63, 3.8) is 0 Å². The first-order valence-electron chi connectivity index (χ1n) is 5.57. The van der Waals surface area contributed by atoms with Crippen LogP contribution in [0.4, 0.5) is 5.69 Å². The number of aryl methyl sites for hydroxylation is 1. The number of ether oxygens (including phenoxy) is 1. The van der Waals surface area contributed by atoms with Gasteiger partial charge in [0, 0.05) is 19.8 Å². The maximum Gasteiger partial charge on any atom is 0.0745 e. The Morgan fingerprint density at radius 2 is 1.88 bits per heavy atom. The van der Waals surface area contributed by atoms with E-state index in [4.69, 9.17) is 5.11 Å². The van der Waals surface area contributed by atoms with Crippen LogP contribution in [0.3, 0.4) is 0 Å². The normalized spacial score (nSPS) is 11.3. The van der Waals surface area contributed by atoms with Crippen molar-refractivity contribution in [1.82, 2.24) is 0 Å². The first-order valence-corrected chi connectivity index (χ1v) is 5.57. The molecule has 0 fully saturated rings. The van der Waals surface area contributed by atoms with Gasteiger partial charge in [0.25, 0.3) is 0 Å². The summed E-state index contributed by atoms with van der Waals surface area (Å²) in [6.45, 7) is 4.28. The third-order valence-corrected chi connectivity index (χ3v) is 2.06. The zero-order chi connectivity index (χ0) is 12.4. The molecule has 0 aliphatic heterocycles. The Bertz CT molecular complexity index is 234. The highest BCUT2D eigenvalue weighted by Gasteiger charge is 1.88. The van der Waals surface area contributed by atoms with Crippen molar-refractivity contribution < 1.29 is 9.84 Å². The van der Waals surface area contributed by atoms with E-state index in [-0.39, 0.29) is 6.10 Å². The molecule has 0 spiro atoms. The van der Waals surface area contributed by atoms with Gasteiger partial charge in [0.05, 0.1) is 12.7 Å². The van der Waals surface area contributed by atoms with Crippen LogP contribution in [0.25, 0.3) is 0 Å². The van der Waals surface area contributed by atoms with E-state index in [0.717, 1.165) is 6.42 Å². The summed E-state index contributed by atoms with van der Waals surface area (Å²) < 4.78 is 4.55. The molecule has 0 aromatic heterocycles. The van der Waals surface area contributed by atoms with Crippen molar-refractivity contribution in [2.45, 2.75) is 26.4 Å². The average Bonchev–Trinajstić information content (AvgIpc) is 2.30. The van der Waals surface area contributed by atoms with E-state index in [1.54, 1.807) is 14.0 Å². The van der Waals surface area contributed by atoms with E-state index in [9.17, 15) is 0 Å². The lowest BCUT2D eigenvalue weighted by molar-refractivity contribution is 0.0765. The van der Waals surface area contributed by atoms with Crippen LogP contribution in [0, 0.1) is 0 Å². The molecule has 1 aromatic carbocycles. The van der Waals surface area contributed by atoms with Gasteiger partial charge in [0.2, 0.25) is 0 Å². The molecule has 0 saturated carbocycles. The summed E-state index contributed by atoms with van der Waals surface area (Å²) in [5, 5.41) is 11.5. The summed E-state index contributed by atoms with van der Waals surface area (Å²) in [7, 11) is 3.49. The molecule has 0 bridgehead atoms. The second-order valence-electron chi connectivity index (χ2n) is 3.60. The van der Waals surface area contributed by atoms with Gasteiger partial charge in [-0.1, -0.05) is 19.1 Å². The Kier molecular flexibility index (Phi) is 8.58. The quantitative estimate of drug-likeness (QED) is 0.826. The molecule has 0 aliphatic rings. The third-order valence-electron chi connectivity index (χ3n) is 2.06. The molecular formula is C13H23NO2. The fourth-order valence-corrected chi connectivity index (χ4v) is 1.15. The number of hydrogen-bond donors (Lipinski definition) is 2. The van der Waals surface area contributed by atoms with Crippen LogP contribution >= 0.6 is 0 Å². The Labute approximate surface area is 98.4 Å². The first-order chi connectivity index (χ1) is 7.63. The van der Waals surface area contributed by atoms with Crippen molar-refractivity contribution in [2.75, 3.05) is 26.1 Å². The van der Waals surface area contributed by atoms with E-state index in [1.165, 1.54) is 11.3 Å². The van der Waals surface area contributed by atoms with Gasteiger partial charge in [0.1, 0.15) is 0 Å². The smallest absolute Gasteiger partial charge is 0.0745 e. The van der Waals surface area contributed by atoms with Gasteiger partial charge in [0.15, 0.2) is 0 Å². The van der Waals surface area contributed by atoms with E-state index in [1.807, 2.05) is 7.05 Å². The van der Waals surface area contributed by atoms with Gasteiger partial charge in [-0.3, -0.25) is 0 Å². The minimum Gasteiger partial charge on any atom is -0.391 e. The summed E-state index contributed by atoms with van der Waals surface area (Å²) in [6, 6.07) is 8.48. The Balaban J connectivity index is 0.000000325. The van der Waals surface area contributed by atoms with Gasteiger partial charge >= 0.3 is 0 Å². The fraction of sp³-hybridized carbons (Fsp3) is 0.538. The summed E-state index contributed by atoms with van der Waals surface area (Å²) in [5.41, 5.74) is 2.57. The van der Waals surface area contributed by atoms with Crippen LogP contribution in [-0.2, 0) is 11.2 Å². The first kappa shape index (κ1) is 14.9. The molecule has 0 radical (unpaired) electrons. The second-order valence-corrected chi connectivity index (χ2v) is 3.60. The Morgan fingerprint density at radius 1 is 1.31 bits per heavy atom. The largest absolute Gasteiger partial charge is 0.391 e. The lowest BCUT2D eigenvalue weighted by atomic mass is 10.1. The van der Waals surface area contributed by atoms with Gasteiger partial charge in [-0.05, 0) is 31.0 Å². The van der Waals surface area contributed by atoms with Crippen LogP contribution in [0.5, 0.6) is 0 Å². The maximum atomic E-state index is 8.43. The zero-order valence-electron chi connectivity index (χ0n) is 10.7. The van der Waals surface area contributed by atoms with Gasteiger partial charge < -0.3 is 15.2 Å². The van der Waals surface area contributed by atoms with E-state index >= 15 is 0 Å². The van der Waals surface area contributed by atoms with Crippen LogP contribution in [0.1, 0.15) is 19.4 Å². The van der Waals surface area contributed by atoms with Gasteiger partial charge in [-0.25, -0.2) is 0 Å². The third kappa shape index (κ3) is 7.26. The monoisotopic (exact) mass is 225 g/mol. The van der Waals surface area contributed by atoms with E-state index < -0.39 is 0 Å². The second kappa shape index (κ2) is 9.19. The van der Waals surface area contributed by atoms with Crippen molar-refractivity contribution in [1.29, 1.82) is 0 Å². The van der Waals surface area contributed by atoms with Crippen molar-refractivity contribution in [2.24, 2.45) is 0 Å². The van der Waals surface area contributed by atoms with Gasteiger partial charge in [-0.2, -0.15) is 0 Å². The molecule has 1 atom stereocenters. The zero-order valence-corrected chi connectivity index (χ0v) is 10.7. The molecule has 2 N–H and O–H groups in total. The number of hydrogen-bond acceptors (Lipinski definition) is 3. The summed E-state index contributed by atoms with van der Waals surface area (Å²) in [5.74, 6) is 0. The number of methoxy groups -OCH3 is 1. The Hall–Kier alpha value is -1.06. The minimum atomic E-state index is -0.324. The number of nitrogens with one attached hydrogen (secondary N) is 1. The lowest BCUT2D eigenvalue weighted by Crippen LogP contribution is -2.07. The molecule has 3 heteroatoms. The molecular weight excluding hydrogens is 202 g/mol. The molecule has 1 unspecified atom stereocenters. The number of benzene rings is 1. The predicted octanol–water partition coefficient (Wildman–Crippen LogP) is 2.30. The Morgan fingerprint density at radius 3 is 2.12 bits per heavy atom. The number of aliphatic hydroxyl groups excluding tert-OH is 1. The standard InChI is InChI=1S/C9H13N.C4H10O2/c1-3-8-4-6-9(10-2)7-5-8;1-4(5)3-6-2/h4-7,10H,3H2,1-2H3;4-5H,3H2,1-2H3. The van der Waals surface area contributed by atoms with Gasteiger partial charge in [-0.15, -0.1) is 0 Å². The molecule has 0 amide bonds. The molecule has 0 saturated heterocycles. The number of rotatable bonds is 4. The summed E-state index contributed by atoms with van der Waals surface area (Å²) >= 11 is 0. The van der Waals surface area contributed by atoms with Crippen LogP contribution < -0.4 is 5.32 Å². The molecule has 16 heavy (non-hydrogen) atoms. The van der Waals surface area contributed by atoms with E-state index in [0.29, 0.717) is 6.61 Å². The highest BCUT2D eigenvalue weighted by molar-refractivity contribution is 5.43.